The summed E-state index contributed by atoms with van der Waals surface area (Å²) in [6.45, 7) is 0. The van der Waals surface area contributed by atoms with E-state index >= 15 is 0 Å². The third-order valence-corrected chi connectivity index (χ3v) is 4.81. The first-order chi connectivity index (χ1) is 12.6. The number of pyridine rings is 2. The lowest BCUT2D eigenvalue weighted by molar-refractivity contribution is 0.0844. The van der Waals surface area contributed by atoms with Gasteiger partial charge in [-0.3, -0.25) is 25.4 Å². The Balaban J connectivity index is 1.69. The third-order valence-electron chi connectivity index (χ3n) is 3.26. The predicted molar refractivity (Wildman–Crippen MR) is 102 cm³/mol. The summed E-state index contributed by atoms with van der Waals surface area (Å²) in [6, 6.07) is 14.3. The van der Waals surface area contributed by atoms with Gasteiger partial charge in [0.25, 0.3) is 11.8 Å². The first-order valence-electron chi connectivity index (χ1n) is 7.52. The number of benzene rings is 1. The van der Waals surface area contributed by atoms with Crippen LogP contribution >= 0.6 is 27.7 Å². The van der Waals surface area contributed by atoms with E-state index < -0.39 is 11.8 Å². The number of rotatable bonds is 4. The van der Waals surface area contributed by atoms with Gasteiger partial charge in [0.05, 0.1) is 11.1 Å². The molecule has 3 aromatic rings. The first-order valence-corrected chi connectivity index (χ1v) is 9.13. The van der Waals surface area contributed by atoms with E-state index in [1.807, 2.05) is 24.3 Å². The molecule has 0 radical (unpaired) electrons. The average molecular weight is 429 g/mol. The van der Waals surface area contributed by atoms with Gasteiger partial charge in [-0.1, -0.05) is 27.7 Å². The van der Waals surface area contributed by atoms with Gasteiger partial charge in [0, 0.05) is 28.0 Å². The molecule has 0 fully saturated rings. The fourth-order valence-electron chi connectivity index (χ4n) is 2.01. The van der Waals surface area contributed by atoms with Crippen molar-refractivity contribution in [3.63, 3.8) is 0 Å². The second-order valence-electron chi connectivity index (χ2n) is 5.06. The summed E-state index contributed by atoms with van der Waals surface area (Å²) in [5, 5.41) is 0.544. The summed E-state index contributed by atoms with van der Waals surface area (Å²) >= 11 is 4.75. The van der Waals surface area contributed by atoms with Gasteiger partial charge < -0.3 is 0 Å². The van der Waals surface area contributed by atoms with Gasteiger partial charge in [-0.05, 0) is 48.5 Å². The van der Waals surface area contributed by atoms with Crippen molar-refractivity contribution in [1.29, 1.82) is 0 Å². The van der Waals surface area contributed by atoms with Crippen molar-refractivity contribution in [2.75, 3.05) is 0 Å². The van der Waals surface area contributed by atoms with Crippen LogP contribution in [0.5, 0.6) is 0 Å². The number of nitrogens with one attached hydrogen (secondary N) is 2. The second-order valence-corrected chi connectivity index (χ2v) is 7.04. The van der Waals surface area contributed by atoms with Crippen molar-refractivity contribution in [3.8, 4) is 0 Å². The van der Waals surface area contributed by atoms with Crippen molar-refractivity contribution >= 4 is 39.5 Å². The highest BCUT2D eigenvalue weighted by molar-refractivity contribution is 9.10. The van der Waals surface area contributed by atoms with E-state index in [1.165, 1.54) is 18.0 Å². The molecule has 26 heavy (non-hydrogen) atoms. The number of hydrogen-bond donors (Lipinski definition) is 2. The highest BCUT2D eigenvalue weighted by Crippen LogP contribution is 2.29. The lowest BCUT2D eigenvalue weighted by Gasteiger charge is -2.10. The number of nitrogens with zero attached hydrogens (tertiary/aromatic N) is 2. The summed E-state index contributed by atoms with van der Waals surface area (Å²) in [5.41, 5.74) is 5.50. The lowest BCUT2D eigenvalue weighted by atomic mass is 10.2. The van der Waals surface area contributed by atoms with Gasteiger partial charge in [0.2, 0.25) is 0 Å². The van der Waals surface area contributed by atoms with Crippen LogP contribution in [0.1, 0.15) is 20.7 Å². The molecule has 2 amide bonds. The minimum atomic E-state index is -0.449. The lowest BCUT2D eigenvalue weighted by Crippen LogP contribution is -2.41. The van der Waals surface area contributed by atoms with E-state index in [0.717, 1.165) is 9.37 Å². The SMILES string of the molecule is O=C(NNC(=O)c1cccnc1Sc1ccc(Br)cc1)c1cccnc1. The van der Waals surface area contributed by atoms with Crippen LogP contribution in [0.15, 0.2) is 81.5 Å². The molecule has 0 saturated heterocycles. The molecule has 0 aliphatic heterocycles. The Morgan fingerprint density at radius 3 is 2.38 bits per heavy atom. The van der Waals surface area contributed by atoms with Crippen LogP contribution in [0.3, 0.4) is 0 Å². The zero-order chi connectivity index (χ0) is 18.4. The number of carbonyl (C=O) groups is 2. The minimum Gasteiger partial charge on any atom is -0.267 e. The maximum atomic E-state index is 12.4. The normalized spacial score (nSPS) is 10.2. The van der Waals surface area contributed by atoms with Crippen molar-refractivity contribution in [2.24, 2.45) is 0 Å². The molecule has 3 rings (SSSR count). The Bertz CT molecular complexity index is 920. The van der Waals surface area contributed by atoms with Crippen LogP contribution in [-0.4, -0.2) is 21.8 Å². The summed E-state index contributed by atoms with van der Waals surface area (Å²) in [4.78, 5) is 33.5. The highest BCUT2D eigenvalue weighted by atomic mass is 79.9. The predicted octanol–water partition coefficient (Wildman–Crippen LogP) is 3.47. The van der Waals surface area contributed by atoms with Crippen LogP contribution < -0.4 is 10.9 Å². The molecule has 6 nitrogen and oxygen atoms in total. The number of halogens is 1. The van der Waals surface area contributed by atoms with Gasteiger partial charge >= 0.3 is 0 Å². The second kappa shape index (κ2) is 8.59. The number of hydrogen-bond acceptors (Lipinski definition) is 5. The zero-order valence-electron chi connectivity index (χ0n) is 13.3. The number of hydrazine groups is 1. The molecular formula is C18H13BrN4O2S. The van der Waals surface area contributed by atoms with E-state index in [4.69, 9.17) is 0 Å². The Morgan fingerprint density at radius 1 is 0.923 bits per heavy atom. The molecule has 1 aromatic carbocycles. The molecule has 0 unspecified atom stereocenters. The molecule has 2 aromatic heterocycles. The van der Waals surface area contributed by atoms with E-state index in [2.05, 4.69) is 36.7 Å². The largest absolute Gasteiger partial charge is 0.272 e. The summed E-state index contributed by atoms with van der Waals surface area (Å²) in [7, 11) is 0. The van der Waals surface area contributed by atoms with Gasteiger partial charge in [0.1, 0.15) is 5.03 Å². The quantitative estimate of drug-likeness (QED) is 0.621. The van der Waals surface area contributed by atoms with Crippen LogP contribution in [0, 0.1) is 0 Å². The van der Waals surface area contributed by atoms with Crippen molar-refractivity contribution in [1.82, 2.24) is 20.8 Å². The molecule has 0 spiro atoms. The fraction of sp³-hybridized carbons (Fsp3) is 0. The molecular weight excluding hydrogens is 416 g/mol. The van der Waals surface area contributed by atoms with Gasteiger partial charge in [-0.2, -0.15) is 0 Å². The number of carbonyl (C=O) groups excluding carboxylic acids is 2. The summed E-state index contributed by atoms with van der Waals surface area (Å²) in [5.74, 6) is -0.896. The van der Waals surface area contributed by atoms with Gasteiger partial charge in [0.15, 0.2) is 0 Å². The van der Waals surface area contributed by atoms with Crippen molar-refractivity contribution < 1.29 is 9.59 Å². The smallest absolute Gasteiger partial charge is 0.267 e. The molecule has 0 atom stereocenters. The Morgan fingerprint density at radius 2 is 1.65 bits per heavy atom. The minimum absolute atomic E-state index is 0.350. The van der Waals surface area contributed by atoms with E-state index in [1.54, 1.807) is 36.7 Å². The van der Waals surface area contributed by atoms with Gasteiger partial charge in [-0.15, -0.1) is 0 Å². The van der Waals surface area contributed by atoms with E-state index in [0.29, 0.717) is 16.2 Å². The molecule has 0 saturated carbocycles. The van der Waals surface area contributed by atoms with E-state index in [-0.39, 0.29) is 0 Å². The van der Waals surface area contributed by atoms with E-state index in [9.17, 15) is 9.59 Å². The van der Waals surface area contributed by atoms with Crippen LogP contribution in [0.2, 0.25) is 0 Å². The monoisotopic (exact) mass is 428 g/mol. The Labute approximate surface area is 162 Å². The molecule has 2 heterocycles. The van der Waals surface area contributed by atoms with Gasteiger partial charge in [-0.25, -0.2) is 4.98 Å². The third kappa shape index (κ3) is 4.68. The maximum Gasteiger partial charge on any atom is 0.272 e. The number of amides is 2. The first kappa shape index (κ1) is 18.1. The standard InChI is InChI=1S/C18H13BrN4O2S/c19-13-5-7-14(8-6-13)26-18-15(4-2-10-21-18)17(25)23-22-16(24)12-3-1-9-20-11-12/h1-11H,(H,22,24)(H,23,25). The summed E-state index contributed by atoms with van der Waals surface area (Å²) < 4.78 is 0.971. The molecule has 0 aliphatic rings. The van der Waals surface area contributed by atoms with Crippen molar-refractivity contribution in [2.45, 2.75) is 9.92 Å². The molecule has 0 aliphatic carbocycles. The number of aromatic nitrogens is 2. The van der Waals surface area contributed by atoms with Crippen molar-refractivity contribution in [3.05, 3.63) is 82.7 Å². The van der Waals surface area contributed by atoms with Crippen LogP contribution in [-0.2, 0) is 0 Å². The fourth-order valence-corrected chi connectivity index (χ4v) is 3.15. The summed E-state index contributed by atoms with van der Waals surface area (Å²) in [6.07, 6.45) is 4.60. The topological polar surface area (TPSA) is 84.0 Å². The molecule has 8 heteroatoms. The molecule has 2 N–H and O–H groups in total. The Kier molecular flexibility index (Phi) is 5.98. The Hall–Kier alpha value is -2.71. The zero-order valence-corrected chi connectivity index (χ0v) is 15.8. The average Bonchev–Trinajstić information content (AvgIpc) is 2.68. The van der Waals surface area contributed by atoms with Crippen LogP contribution in [0.25, 0.3) is 0 Å². The molecule has 0 bridgehead atoms. The van der Waals surface area contributed by atoms with Crippen LogP contribution in [0.4, 0.5) is 0 Å². The maximum absolute atomic E-state index is 12.4. The molecule has 130 valence electrons. The highest BCUT2D eigenvalue weighted by Gasteiger charge is 2.14.